The Bertz CT molecular complexity index is 540. The molecule has 2 atom stereocenters. The standard InChI is InChI=1S/C15H19F2NO3S/c1-4-9(2)14(15(20)21-3)18-13(19)8-22-10-5-6-11(16)12(17)7-10/h5-7,9,14H,4,8H2,1-3H3,(H,18,19)/t9-,14+/m0/s1. The molecule has 1 amide bonds. The highest BCUT2D eigenvalue weighted by molar-refractivity contribution is 8.00. The zero-order chi connectivity index (χ0) is 16.7. The number of halogens is 2. The van der Waals surface area contributed by atoms with Crippen LogP contribution < -0.4 is 5.32 Å². The van der Waals surface area contributed by atoms with Crippen molar-refractivity contribution in [1.82, 2.24) is 5.32 Å². The third-order valence-corrected chi connectivity index (χ3v) is 4.24. The smallest absolute Gasteiger partial charge is 0.328 e. The van der Waals surface area contributed by atoms with Gasteiger partial charge in [0.15, 0.2) is 11.6 Å². The van der Waals surface area contributed by atoms with Crippen molar-refractivity contribution in [2.75, 3.05) is 12.9 Å². The van der Waals surface area contributed by atoms with Crippen LogP contribution in [0.25, 0.3) is 0 Å². The summed E-state index contributed by atoms with van der Waals surface area (Å²) in [5.74, 6) is -2.83. The van der Waals surface area contributed by atoms with Crippen molar-refractivity contribution >= 4 is 23.6 Å². The molecule has 0 fully saturated rings. The second kappa shape index (κ2) is 8.73. The minimum atomic E-state index is -0.961. The average molecular weight is 331 g/mol. The molecule has 1 aromatic rings. The number of nitrogens with one attached hydrogen (secondary N) is 1. The van der Waals surface area contributed by atoms with Gasteiger partial charge in [-0.3, -0.25) is 4.79 Å². The van der Waals surface area contributed by atoms with E-state index in [9.17, 15) is 18.4 Å². The van der Waals surface area contributed by atoms with E-state index in [1.807, 2.05) is 13.8 Å². The van der Waals surface area contributed by atoms with E-state index < -0.39 is 23.6 Å². The predicted octanol–water partition coefficient (Wildman–Crippen LogP) is 2.76. The first-order valence-corrected chi connectivity index (χ1v) is 7.82. The second-order valence-electron chi connectivity index (χ2n) is 4.82. The van der Waals surface area contributed by atoms with Gasteiger partial charge in [-0.15, -0.1) is 11.8 Å². The molecule has 0 aromatic heterocycles. The van der Waals surface area contributed by atoms with E-state index in [4.69, 9.17) is 0 Å². The Morgan fingerprint density at radius 3 is 2.55 bits per heavy atom. The Hall–Kier alpha value is -1.63. The summed E-state index contributed by atoms with van der Waals surface area (Å²) < 4.78 is 30.6. The highest BCUT2D eigenvalue weighted by Gasteiger charge is 2.26. The Morgan fingerprint density at radius 1 is 1.32 bits per heavy atom. The maximum atomic E-state index is 13.1. The lowest BCUT2D eigenvalue weighted by atomic mass is 9.99. The topological polar surface area (TPSA) is 55.4 Å². The number of amides is 1. The van der Waals surface area contributed by atoms with Gasteiger partial charge < -0.3 is 10.1 Å². The molecule has 0 aliphatic carbocycles. The fraction of sp³-hybridized carbons (Fsp3) is 0.467. The molecule has 0 heterocycles. The van der Waals surface area contributed by atoms with E-state index in [0.29, 0.717) is 11.3 Å². The van der Waals surface area contributed by atoms with Gasteiger partial charge in [0.25, 0.3) is 0 Å². The summed E-state index contributed by atoms with van der Waals surface area (Å²) in [5.41, 5.74) is 0. The number of carbonyl (C=O) groups excluding carboxylic acids is 2. The van der Waals surface area contributed by atoms with Gasteiger partial charge in [0, 0.05) is 4.90 Å². The Morgan fingerprint density at radius 2 is 2.00 bits per heavy atom. The Kier molecular flexibility index (Phi) is 7.31. The number of carbonyl (C=O) groups is 2. The van der Waals surface area contributed by atoms with Crippen LogP contribution in [0.1, 0.15) is 20.3 Å². The largest absolute Gasteiger partial charge is 0.467 e. The third kappa shape index (κ3) is 5.29. The van der Waals surface area contributed by atoms with Crippen molar-refractivity contribution in [1.29, 1.82) is 0 Å². The first-order valence-electron chi connectivity index (χ1n) is 6.84. The summed E-state index contributed by atoms with van der Waals surface area (Å²) in [4.78, 5) is 24.0. The molecule has 122 valence electrons. The van der Waals surface area contributed by atoms with Crippen LogP contribution in [0.2, 0.25) is 0 Å². The van der Waals surface area contributed by atoms with E-state index >= 15 is 0 Å². The number of rotatable bonds is 7. The zero-order valence-electron chi connectivity index (χ0n) is 12.7. The maximum Gasteiger partial charge on any atom is 0.328 e. The van der Waals surface area contributed by atoms with E-state index in [1.54, 1.807) is 0 Å². The highest BCUT2D eigenvalue weighted by atomic mass is 32.2. The lowest BCUT2D eigenvalue weighted by Gasteiger charge is -2.21. The molecular weight excluding hydrogens is 312 g/mol. The predicted molar refractivity (Wildman–Crippen MR) is 80.5 cm³/mol. The molecule has 0 aliphatic rings. The van der Waals surface area contributed by atoms with Crippen molar-refractivity contribution in [2.45, 2.75) is 31.2 Å². The van der Waals surface area contributed by atoms with Gasteiger partial charge in [-0.2, -0.15) is 0 Å². The van der Waals surface area contributed by atoms with Crippen molar-refractivity contribution in [3.8, 4) is 0 Å². The number of methoxy groups -OCH3 is 1. The molecule has 4 nitrogen and oxygen atoms in total. The number of ether oxygens (including phenoxy) is 1. The minimum Gasteiger partial charge on any atom is -0.467 e. The normalized spacial score (nSPS) is 13.3. The van der Waals surface area contributed by atoms with E-state index in [1.165, 1.54) is 13.2 Å². The van der Waals surface area contributed by atoms with Crippen LogP contribution in [0.4, 0.5) is 8.78 Å². The molecule has 7 heteroatoms. The molecule has 0 unspecified atom stereocenters. The van der Waals surface area contributed by atoms with Gasteiger partial charge in [-0.25, -0.2) is 13.6 Å². The van der Waals surface area contributed by atoms with Crippen molar-refractivity contribution < 1.29 is 23.1 Å². The lowest BCUT2D eigenvalue weighted by molar-refractivity contribution is -0.146. The zero-order valence-corrected chi connectivity index (χ0v) is 13.5. The van der Waals surface area contributed by atoms with Gasteiger partial charge in [-0.05, 0) is 24.1 Å². The summed E-state index contributed by atoms with van der Waals surface area (Å²) in [5, 5.41) is 2.61. The summed E-state index contributed by atoms with van der Waals surface area (Å²) in [6.45, 7) is 3.74. The Balaban J connectivity index is 2.60. The molecule has 0 saturated carbocycles. The van der Waals surface area contributed by atoms with Crippen molar-refractivity contribution in [2.24, 2.45) is 5.92 Å². The van der Waals surface area contributed by atoms with Gasteiger partial charge in [0.2, 0.25) is 5.91 Å². The quantitative estimate of drug-likeness (QED) is 0.617. The van der Waals surface area contributed by atoms with Crippen LogP contribution in [-0.2, 0) is 14.3 Å². The molecule has 0 radical (unpaired) electrons. The lowest BCUT2D eigenvalue weighted by Crippen LogP contribution is -2.46. The van der Waals surface area contributed by atoms with E-state index in [2.05, 4.69) is 10.1 Å². The second-order valence-corrected chi connectivity index (χ2v) is 5.87. The van der Waals surface area contributed by atoms with Crippen LogP contribution in [0.5, 0.6) is 0 Å². The van der Waals surface area contributed by atoms with Gasteiger partial charge in [-0.1, -0.05) is 20.3 Å². The van der Waals surface area contributed by atoms with E-state index in [-0.39, 0.29) is 17.6 Å². The highest BCUT2D eigenvalue weighted by Crippen LogP contribution is 2.20. The summed E-state index contributed by atoms with van der Waals surface area (Å²) >= 11 is 1.06. The molecule has 0 spiro atoms. The molecule has 22 heavy (non-hydrogen) atoms. The number of hydrogen-bond donors (Lipinski definition) is 1. The van der Waals surface area contributed by atoms with Crippen LogP contribution >= 0.6 is 11.8 Å². The molecule has 1 N–H and O–H groups in total. The van der Waals surface area contributed by atoms with Gasteiger partial charge in [0.05, 0.1) is 12.9 Å². The van der Waals surface area contributed by atoms with Gasteiger partial charge >= 0.3 is 5.97 Å². The molecule has 0 aliphatic heterocycles. The summed E-state index contributed by atoms with van der Waals surface area (Å²) in [6.07, 6.45) is 0.705. The van der Waals surface area contributed by atoms with Crippen molar-refractivity contribution in [3.05, 3.63) is 29.8 Å². The van der Waals surface area contributed by atoms with Crippen LogP contribution in [-0.4, -0.2) is 30.8 Å². The van der Waals surface area contributed by atoms with Crippen molar-refractivity contribution in [3.63, 3.8) is 0 Å². The average Bonchev–Trinajstić information content (AvgIpc) is 2.52. The molecule has 1 aromatic carbocycles. The van der Waals surface area contributed by atoms with Crippen LogP contribution in [0.3, 0.4) is 0 Å². The number of esters is 1. The molecule has 1 rings (SSSR count). The van der Waals surface area contributed by atoms with Crippen LogP contribution in [0, 0.1) is 17.6 Å². The Labute approximate surface area is 132 Å². The summed E-state index contributed by atoms with van der Waals surface area (Å²) in [7, 11) is 1.26. The maximum absolute atomic E-state index is 13.1. The first kappa shape index (κ1) is 18.4. The summed E-state index contributed by atoms with van der Waals surface area (Å²) in [6, 6.07) is 2.71. The molecule has 0 saturated heterocycles. The molecule has 0 bridgehead atoms. The third-order valence-electron chi connectivity index (χ3n) is 3.25. The fourth-order valence-electron chi connectivity index (χ4n) is 1.73. The SMILES string of the molecule is CC[C@H](C)[C@@H](NC(=O)CSc1ccc(F)c(F)c1)C(=O)OC. The number of benzene rings is 1. The van der Waals surface area contributed by atoms with Crippen LogP contribution in [0.15, 0.2) is 23.1 Å². The monoisotopic (exact) mass is 331 g/mol. The minimum absolute atomic E-state index is 0.00496. The number of hydrogen-bond acceptors (Lipinski definition) is 4. The molecular formula is C15H19F2NO3S. The van der Waals surface area contributed by atoms with E-state index in [0.717, 1.165) is 23.9 Å². The number of thioether (sulfide) groups is 1. The fourth-order valence-corrected chi connectivity index (χ4v) is 2.46. The van der Waals surface area contributed by atoms with Gasteiger partial charge in [0.1, 0.15) is 6.04 Å². The first-order chi connectivity index (χ1) is 10.4.